The summed E-state index contributed by atoms with van der Waals surface area (Å²) in [6.45, 7) is 1.39. The van der Waals surface area contributed by atoms with Gasteiger partial charge in [-0.05, 0) is 19.1 Å². The summed E-state index contributed by atoms with van der Waals surface area (Å²) in [5.74, 6) is 1.49. The van der Waals surface area contributed by atoms with Crippen LogP contribution in [0.3, 0.4) is 0 Å². The number of thiazole rings is 1. The third-order valence-electron chi connectivity index (χ3n) is 3.79. The van der Waals surface area contributed by atoms with Crippen LogP contribution in [0.15, 0.2) is 23.1 Å². The molecule has 6 nitrogen and oxygen atoms in total. The number of nitrogens with zero attached hydrogens (tertiary/aromatic N) is 3. The van der Waals surface area contributed by atoms with Gasteiger partial charge >= 0.3 is 0 Å². The predicted molar refractivity (Wildman–Crippen MR) is 105 cm³/mol. The molecule has 3 aromatic rings. The monoisotopic (exact) mass is 439 g/mol. The zero-order chi connectivity index (χ0) is 20.4. The lowest BCUT2D eigenvalue weighted by Gasteiger charge is -2.16. The number of rotatable bonds is 5. The minimum atomic E-state index is -0.761. The van der Waals surface area contributed by atoms with Crippen molar-refractivity contribution in [2.24, 2.45) is 0 Å². The van der Waals surface area contributed by atoms with E-state index in [1.54, 1.807) is 0 Å². The highest BCUT2D eigenvalue weighted by molar-refractivity contribution is 7.15. The second-order valence-corrected chi connectivity index (χ2v) is 7.71. The van der Waals surface area contributed by atoms with Crippen LogP contribution in [-0.2, 0) is 13.0 Å². The molecule has 2 aromatic heterocycles. The summed E-state index contributed by atoms with van der Waals surface area (Å²) in [5, 5.41) is 13.9. The molecule has 10 heteroatoms. The molecule has 144 valence electrons. The number of benzene rings is 1. The first-order chi connectivity index (χ1) is 13.3. The van der Waals surface area contributed by atoms with E-state index in [1.165, 1.54) is 30.5 Å². The van der Waals surface area contributed by atoms with Crippen molar-refractivity contribution in [2.45, 2.75) is 20.0 Å². The molecule has 0 bridgehead atoms. The molecule has 28 heavy (non-hydrogen) atoms. The van der Waals surface area contributed by atoms with Crippen molar-refractivity contribution in [3.05, 3.63) is 60.1 Å². The van der Waals surface area contributed by atoms with Crippen LogP contribution in [0, 0.1) is 25.1 Å². The molecule has 0 spiro atoms. The fourth-order valence-electron chi connectivity index (χ4n) is 2.57. The molecule has 0 aliphatic rings. The second kappa shape index (κ2) is 8.19. The summed E-state index contributed by atoms with van der Waals surface area (Å²) in [6.07, 6.45) is 6.69. The van der Waals surface area contributed by atoms with E-state index in [0.29, 0.717) is 14.2 Å². The minimum Gasteiger partial charge on any atom is -0.486 e. The molecule has 3 rings (SSSR count). The van der Waals surface area contributed by atoms with E-state index >= 15 is 0 Å². The van der Waals surface area contributed by atoms with Gasteiger partial charge in [0.25, 0.3) is 0 Å². The van der Waals surface area contributed by atoms with Gasteiger partial charge in [-0.25, -0.2) is 9.37 Å². The zero-order valence-electron chi connectivity index (χ0n) is 14.4. The van der Waals surface area contributed by atoms with Crippen molar-refractivity contribution in [2.75, 3.05) is 0 Å². The van der Waals surface area contributed by atoms with Crippen molar-refractivity contribution in [3.63, 3.8) is 0 Å². The third kappa shape index (κ3) is 3.83. The zero-order valence-corrected chi connectivity index (χ0v) is 16.7. The Morgan fingerprint density at radius 3 is 2.79 bits per heavy atom. The van der Waals surface area contributed by atoms with Crippen LogP contribution in [0.5, 0.6) is 5.75 Å². The topological polar surface area (TPSA) is 77.2 Å². The van der Waals surface area contributed by atoms with E-state index in [2.05, 4.69) is 16.0 Å². The Balaban J connectivity index is 2.21. The number of aryl methyl sites for hydroxylation is 1. The third-order valence-corrected chi connectivity index (χ3v) is 5.18. The quantitative estimate of drug-likeness (QED) is 0.477. The maximum absolute atomic E-state index is 14.8. The van der Waals surface area contributed by atoms with E-state index in [0.717, 1.165) is 6.07 Å². The average Bonchev–Trinajstić information content (AvgIpc) is 3.07. The Hall–Kier alpha value is -2.60. The molecular weight excluding hydrogens is 428 g/mol. The summed E-state index contributed by atoms with van der Waals surface area (Å²) in [6, 6.07) is 2.41. The van der Waals surface area contributed by atoms with Crippen LogP contribution in [0.25, 0.3) is 11.1 Å². The largest absolute Gasteiger partial charge is 0.486 e. The number of hydrogen-bond donors (Lipinski definition) is 1. The predicted octanol–water partition coefficient (Wildman–Crippen LogP) is 4.11. The first-order valence-electron chi connectivity index (χ1n) is 7.80. The van der Waals surface area contributed by atoms with Crippen LogP contribution < -0.4 is 10.2 Å². The summed E-state index contributed by atoms with van der Waals surface area (Å²) >= 11 is 13.2. The van der Waals surface area contributed by atoms with E-state index < -0.39 is 11.2 Å². The van der Waals surface area contributed by atoms with E-state index in [4.69, 9.17) is 34.4 Å². The van der Waals surface area contributed by atoms with Crippen LogP contribution >= 0.6 is 34.5 Å². The maximum atomic E-state index is 14.8. The van der Waals surface area contributed by atoms with Crippen molar-refractivity contribution in [1.82, 2.24) is 14.9 Å². The fraction of sp³-hybridized carbons (Fsp3) is 0.167. The Kier molecular flexibility index (Phi) is 5.89. The highest BCUT2D eigenvalue weighted by Gasteiger charge is 2.25. The smallest absolute Gasteiger partial charge is 0.211 e. The number of hydrogen-bond acceptors (Lipinski definition) is 6. The van der Waals surface area contributed by atoms with Gasteiger partial charge in [0.2, 0.25) is 5.43 Å². The van der Waals surface area contributed by atoms with E-state index in [-0.39, 0.29) is 46.3 Å². The van der Waals surface area contributed by atoms with Crippen LogP contribution in [-0.4, -0.2) is 20.1 Å². The van der Waals surface area contributed by atoms with E-state index in [9.17, 15) is 14.4 Å². The van der Waals surface area contributed by atoms with Crippen LogP contribution in [0.4, 0.5) is 4.39 Å². The lowest BCUT2D eigenvalue weighted by atomic mass is 10.00. The number of aromatic nitrogens is 3. The molecule has 0 radical (unpaired) electrons. The Bertz CT molecular complexity index is 1150. The van der Waals surface area contributed by atoms with Crippen molar-refractivity contribution >= 4 is 34.5 Å². The maximum Gasteiger partial charge on any atom is 0.211 e. The molecule has 0 amide bonds. The van der Waals surface area contributed by atoms with Gasteiger partial charge in [-0.2, -0.15) is 0 Å². The van der Waals surface area contributed by atoms with Crippen LogP contribution in [0.1, 0.15) is 16.3 Å². The normalized spacial score (nSPS) is 10.7. The fourth-order valence-corrected chi connectivity index (χ4v) is 3.68. The van der Waals surface area contributed by atoms with Gasteiger partial charge < -0.3 is 9.94 Å². The number of halogens is 3. The Labute approximate surface area is 173 Å². The minimum absolute atomic E-state index is 0.00239. The summed E-state index contributed by atoms with van der Waals surface area (Å²) in [5.41, 5.74) is -1.05. The van der Waals surface area contributed by atoms with Gasteiger partial charge in [0.05, 0.1) is 27.4 Å². The molecule has 0 atom stereocenters. The molecule has 2 heterocycles. The molecule has 0 unspecified atom stereocenters. The highest BCUT2D eigenvalue weighted by Crippen LogP contribution is 2.39. The second-order valence-electron chi connectivity index (χ2n) is 5.61. The van der Waals surface area contributed by atoms with Crippen molar-refractivity contribution < 1.29 is 14.3 Å². The van der Waals surface area contributed by atoms with Gasteiger partial charge in [-0.1, -0.05) is 23.2 Å². The first kappa shape index (κ1) is 20.1. The molecule has 1 N–H and O–H groups in total. The summed E-state index contributed by atoms with van der Waals surface area (Å²) in [7, 11) is 0. The standard InChI is InChI=1S/C18H12Cl2FN3O3S/c1-3-4-13-15(16(25)9(2)23-24(13)26)14-12(21)6-5-11(19)17(14)27-8-10-7-22-18(20)28-10/h1,5-7,26H,4,8H2,2H3. The van der Waals surface area contributed by atoms with Crippen LogP contribution in [0.2, 0.25) is 9.49 Å². The van der Waals surface area contributed by atoms with Gasteiger partial charge in [0.1, 0.15) is 29.6 Å². The first-order valence-corrected chi connectivity index (χ1v) is 9.37. The van der Waals surface area contributed by atoms with Gasteiger partial charge in [-0.3, -0.25) is 4.79 Å². The van der Waals surface area contributed by atoms with Crippen molar-refractivity contribution in [3.8, 4) is 29.2 Å². The number of ether oxygens (including phenoxy) is 1. The van der Waals surface area contributed by atoms with E-state index in [1.807, 2.05) is 0 Å². The lowest BCUT2D eigenvalue weighted by molar-refractivity contribution is 0.134. The van der Waals surface area contributed by atoms with Gasteiger partial charge in [0, 0.05) is 6.20 Å². The van der Waals surface area contributed by atoms with Crippen molar-refractivity contribution in [1.29, 1.82) is 0 Å². The molecule has 0 aliphatic carbocycles. The summed E-state index contributed by atoms with van der Waals surface area (Å²) < 4.78 is 20.9. The molecule has 0 fully saturated rings. The molecule has 0 saturated carbocycles. The highest BCUT2D eigenvalue weighted by atomic mass is 35.5. The molecule has 0 aliphatic heterocycles. The van der Waals surface area contributed by atoms with Gasteiger partial charge in [0.15, 0.2) is 4.47 Å². The Morgan fingerprint density at radius 1 is 1.39 bits per heavy atom. The van der Waals surface area contributed by atoms with Gasteiger partial charge in [-0.15, -0.1) is 33.6 Å². The lowest BCUT2D eigenvalue weighted by Crippen LogP contribution is -2.22. The molecule has 1 aromatic carbocycles. The SMILES string of the molecule is C#CCc1c(-c2c(F)ccc(Cl)c2OCc2cnc(Cl)s2)c(=O)c(C)nn1O. The molecular formula is C18H12Cl2FN3O3S. The average molecular weight is 440 g/mol. The molecule has 0 saturated heterocycles. The Morgan fingerprint density at radius 2 is 2.14 bits per heavy atom. The number of terminal acetylenes is 1. The summed E-state index contributed by atoms with van der Waals surface area (Å²) in [4.78, 5) is 17.8.